The van der Waals surface area contributed by atoms with Gasteiger partial charge >= 0.3 is 0 Å². The molecule has 3 saturated heterocycles. The minimum absolute atomic E-state index is 0.142. The maximum atomic E-state index is 15.3. The fraction of sp³-hybridized carbons (Fsp3) is 0.468. The summed E-state index contributed by atoms with van der Waals surface area (Å²) in [5, 5.41) is 29.7. The molecular weight excluding hydrogens is 832 g/mol. The number of piperidine rings is 2. The zero-order valence-corrected chi connectivity index (χ0v) is 37.0. The number of aromatic nitrogens is 3. The number of rotatable bonds is 10. The molecule has 0 bridgehead atoms. The molecule has 4 amide bonds. The lowest BCUT2D eigenvalue weighted by Crippen LogP contribution is -2.55. The second kappa shape index (κ2) is 19.0. The summed E-state index contributed by atoms with van der Waals surface area (Å²) >= 11 is 0. The first-order valence-corrected chi connectivity index (χ1v) is 22.4. The molecule has 4 aromatic rings. The molecule has 3 aromatic heterocycles. The van der Waals surface area contributed by atoms with Gasteiger partial charge in [-0.25, -0.2) is 18.9 Å². The molecule has 5 N–H and O–H groups in total. The highest BCUT2D eigenvalue weighted by atomic mass is 19.1. The molecule has 340 valence electrons. The molecule has 1 aliphatic carbocycles. The summed E-state index contributed by atoms with van der Waals surface area (Å²) in [6.07, 6.45) is 10.6. The van der Waals surface area contributed by atoms with Gasteiger partial charge in [-0.05, 0) is 96.0 Å². The van der Waals surface area contributed by atoms with E-state index in [1.54, 1.807) is 57.3 Å². The van der Waals surface area contributed by atoms with Crippen molar-refractivity contribution in [2.24, 2.45) is 15.9 Å². The van der Waals surface area contributed by atoms with Gasteiger partial charge in [0.15, 0.2) is 11.5 Å². The quantitative estimate of drug-likeness (QED) is 0.0989. The zero-order chi connectivity index (χ0) is 46.0. The predicted octanol–water partition coefficient (Wildman–Crippen LogP) is 4.39. The summed E-state index contributed by atoms with van der Waals surface area (Å²) in [6.45, 7) is 10.5. The topological polar surface area (TPSA) is 227 Å². The number of carbonyl (C=O) groups is 4. The van der Waals surface area contributed by atoms with E-state index in [2.05, 4.69) is 46.5 Å². The van der Waals surface area contributed by atoms with Crippen molar-refractivity contribution >= 4 is 58.6 Å². The van der Waals surface area contributed by atoms with Gasteiger partial charge in [0.05, 0.1) is 46.2 Å². The number of aliphatic imine (C=N–C) groups is 2. The summed E-state index contributed by atoms with van der Waals surface area (Å²) in [6, 6.07) is 12.9. The summed E-state index contributed by atoms with van der Waals surface area (Å²) in [7, 11) is 0. The monoisotopic (exact) mass is 886 g/mol. The van der Waals surface area contributed by atoms with E-state index in [0.29, 0.717) is 57.0 Å². The number of nitrogens with two attached hydrogens (primary N) is 1. The first-order valence-electron chi connectivity index (χ1n) is 22.4. The summed E-state index contributed by atoms with van der Waals surface area (Å²) in [4.78, 5) is 70.0. The molecule has 1 atom stereocenters. The van der Waals surface area contributed by atoms with Crippen molar-refractivity contribution in [3.63, 3.8) is 0 Å². The third kappa shape index (κ3) is 10.1. The molecule has 18 heteroatoms. The van der Waals surface area contributed by atoms with Crippen molar-refractivity contribution in [3.8, 4) is 6.07 Å². The number of piperazine rings is 1. The Morgan fingerprint density at radius 1 is 0.985 bits per heavy atom. The summed E-state index contributed by atoms with van der Waals surface area (Å²) in [5.41, 5.74) is 9.25. The van der Waals surface area contributed by atoms with E-state index in [9.17, 15) is 29.5 Å². The van der Waals surface area contributed by atoms with E-state index < -0.39 is 35.1 Å². The number of hydrogen-bond acceptors (Lipinski definition) is 13. The number of aryl methyl sites for hydroxylation is 1. The second-order valence-corrected chi connectivity index (χ2v) is 18.0. The van der Waals surface area contributed by atoms with Gasteiger partial charge in [0.2, 0.25) is 11.8 Å². The third-order valence-electron chi connectivity index (χ3n) is 13.3. The van der Waals surface area contributed by atoms with Crippen molar-refractivity contribution in [1.82, 2.24) is 29.7 Å². The molecule has 1 aromatic carbocycles. The molecule has 65 heavy (non-hydrogen) atoms. The van der Waals surface area contributed by atoms with E-state index in [0.717, 1.165) is 77.8 Å². The van der Waals surface area contributed by atoms with Crippen LogP contribution >= 0.6 is 0 Å². The maximum Gasteiger partial charge on any atom is 0.298 e. The average Bonchev–Trinajstić information content (AvgIpc) is 3.73. The van der Waals surface area contributed by atoms with Gasteiger partial charge in [-0.1, -0.05) is 0 Å². The normalized spacial score (nSPS) is 21.8. The zero-order valence-electron chi connectivity index (χ0n) is 37.0. The number of anilines is 3. The van der Waals surface area contributed by atoms with E-state index in [1.165, 1.54) is 23.0 Å². The number of nitrogen functional groups attached to an aromatic ring is 1. The number of fused-ring (bicyclic) bond motifs is 1. The molecule has 1 saturated carbocycles. The minimum atomic E-state index is -1.30. The molecule has 4 aliphatic rings. The molecule has 0 spiro atoms. The molecule has 3 aliphatic heterocycles. The van der Waals surface area contributed by atoms with E-state index in [4.69, 9.17) is 10.7 Å². The van der Waals surface area contributed by atoms with Crippen LogP contribution in [0.1, 0.15) is 109 Å². The lowest BCUT2D eigenvalue weighted by Gasteiger charge is -2.46. The van der Waals surface area contributed by atoms with Crippen LogP contribution in [0.3, 0.4) is 0 Å². The van der Waals surface area contributed by atoms with Gasteiger partial charge in [0, 0.05) is 98.8 Å². The van der Waals surface area contributed by atoms with Crippen LogP contribution < -0.4 is 21.3 Å². The van der Waals surface area contributed by atoms with Crippen molar-refractivity contribution in [1.29, 1.82) is 5.26 Å². The fourth-order valence-electron chi connectivity index (χ4n) is 9.58. The summed E-state index contributed by atoms with van der Waals surface area (Å²) < 4.78 is 16.7. The van der Waals surface area contributed by atoms with Crippen LogP contribution in [0, 0.1) is 30.0 Å². The second-order valence-electron chi connectivity index (χ2n) is 18.0. The predicted molar refractivity (Wildman–Crippen MR) is 244 cm³/mol. The molecule has 4 fully saturated rings. The average molecular weight is 887 g/mol. The van der Waals surface area contributed by atoms with E-state index in [1.807, 2.05) is 0 Å². The number of halogens is 1. The Bertz CT molecular complexity index is 2590. The van der Waals surface area contributed by atoms with Crippen LogP contribution in [0.5, 0.6) is 0 Å². The number of pyridine rings is 1. The van der Waals surface area contributed by atoms with Gasteiger partial charge in [-0.2, -0.15) is 10.4 Å². The molecule has 8 rings (SSSR count). The Labute approximate surface area is 376 Å². The number of benzene rings is 1. The molecule has 1 unspecified atom stereocenters. The Morgan fingerprint density at radius 3 is 2.34 bits per heavy atom. The van der Waals surface area contributed by atoms with Crippen LogP contribution in [0.25, 0.3) is 5.52 Å². The number of carbonyl (C=O) groups excluding carboxylic acids is 4. The smallest absolute Gasteiger partial charge is 0.298 e. The van der Waals surface area contributed by atoms with Crippen LogP contribution in [0.2, 0.25) is 0 Å². The Hall–Kier alpha value is -6.42. The number of hydrogen-bond donors (Lipinski definition) is 4. The van der Waals surface area contributed by atoms with Crippen molar-refractivity contribution in [2.45, 2.75) is 95.9 Å². The molecule has 0 radical (unpaired) electrons. The molecule has 6 heterocycles. The van der Waals surface area contributed by atoms with E-state index in [-0.39, 0.29) is 36.2 Å². The standard InChI is InChI=1S/C47H55FN12O5/c1-28-41(23-37(48)43(54-28)46(64)52-26-30-4-11-42(61)56-44(30)62)59-14-12-34(13-15-59)58-18-16-57(17-19-58)33-7-5-32(6-8-33)51-27-31-21-39(36(22-38(31)50)47(2,3)65)55-45(63)40-10-9-35-20-29(24-49)25-53-60(35)40/h9-10,20-23,25-27,30,32-34,65H,4-8,11-19,50H2,1-3H3,(H,55,63)(H,56,61,62). The largest absolute Gasteiger partial charge is 0.398 e. The Balaban J connectivity index is 0.805. The number of aliphatic hydroxyl groups is 1. The number of nitrogens with zero attached hydrogens (tertiary/aromatic N) is 9. The molecular formula is C47H55FN12O5. The maximum absolute atomic E-state index is 15.3. The number of nitrogens with one attached hydrogen (secondary N) is 2. The first kappa shape index (κ1) is 45.2. The van der Waals surface area contributed by atoms with Crippen molar-refractivity contribution < 1.29 is 28.7 Å². The van der Waals surface area contributed by atoms with Gasteiger partial charge < -0.3 is 21.1 Å². The SMILES string of the molecule is Cc1nc(C(=O)N=CC2CCC(=O)NC2=O)c(F)cc1N1CCC(N2CCN(C3CCC(N=Cc4cc(NC(=O)c5ccc6cc(C#N)cnn56)c(C(C)(C)O)cc4N)CC3)CC2)CC1. The van der Waals surface area contributed by atoms with Gasteiger partial charge in [0.1, 0.15) is 11.8 Å². The Kier molecular flexibility index (Phi) is 13.2. The summed E-state index contributed by atoms with van der Waals surface area (Å²) in [5.74, 6) is -3.66. The van der Waals surface area contributed by atoms with Gasteiger partial charge in [-0.3, -0.25) is 39.3 Å². The highest BCUT2D eigenvalue weighted by molar-refractivity contribution is 6.08. The van der Waals surface area contributed by atoms with Gasteiger partial charge in [-0.15, -0.1) is 0 Å². The van der Waals surface area contributed by atoms with Crippen molar-refractivity contribution in [2.75, 3.05) is 55.2 Å². The van der Waals surface area contributed by atoms with E-state index >= 15 is 4.39 Å². The fourth-order valence-corrected chi connectivity index (χ4v) is 9.58. The lowest BCUT2D eigenvalue weighted by molar-refractivity contribution is -0.134. The first-order chi connectivity index (χ1) is 31.1. The van der Waals surface area contributed by atoms with Gasteiger partial charge in [0.25, 0.3) is 11.8 Å². The number of amides is 4. The Morgan fingerprint density at radius 2 is 1.68 bits per heavy atom. The van der Waals surface area contributed by atoms with Crippen LogP contribution in [0.4, 0.5) is 21.5 Å². The third-order valence-corrected chi connectivity index (χ3v) is 13.3. The number of imide groups is 1. The van der Waals surface area contributed by atoms with Crippen molar-refractivity contribution in [3.05, 3.63) is 82.2 Å². The molecule has 17 nitrogen and oxygen atoms in total. The van der Waals surface area contributed by atoms with Crippen LogP contribution in [-0.4, -0.2) is 123 Å². The highest BCUT2D eigenvalue weighted by Crippen LogP contribution is 2.34. The highest BCUT2D eigenvalue weighted by Gasteiger charge is 2.33. The van der Waals surface area contributed by atoms with Crippen LogP contribution in [-0.2, 0) is 15.2 Å². The lowest BCUT2D eigenvalue weighted by atomic mass is 9.90. The van der Waals surface area contributed by atoms with Crippen LogP contribution in [0.15, 0.2) is 52.6 Å². The number of nitriles is 1. The minimum Gasteiger partial charge on any atom is -0.398 e.